The number of hydrogen-bond acceptors (Lipinski definition) is 2. The van der Waals surface area contributed by atoms with Gasteiger partial charge in [0.15, 0.2) is 0 Å². The molecule has 1 N–H and O–H groups in total. The van der Waals surface area contributed by atoms with Crippen molar-refractivity contribution in [3.05, 3.63) is 22.3 Å². The van der Waals surface area contributed by atoms with Crippen LogP contribution in [-0.4, -0.2) is 16.9 Å². The molecule has 1 aliphatic carbocycles. The minimum absolute atomic E-state index is 0.330. The summed E-state index contributed by atoms with van der Waals surface area (Å²) >= 11 is 9.75. The Kier molecular flexibility index (Phi) is 4.09. The topological polar surface area (TPSA) is 24.9 Å². The Morgan fingerprint density at radius 1 is 1.56 bits per heavy atom. The third-order valence-corrected chi connectivity index (χ3v) is 4.25. The van der Waals surface area contributed by atoms with Gasteiger partial charge >= 0.3 is 0 Å². The lowest BCUT2D eigenvalue weighted by molar-refractivity contribution is 0.585. The Labute approximate surface area is 110 Å². The molecule has 4 heteroatoms. The van der Waals surface area contributed by atoms with Crippen molar-refractivity contribution < 1.29 is 0 Å². The molecule has 1 heterocycles. The largest absolute Gasteiger partial charge is 0.369 e. The van der Waals surface area contributed by atoms with Crippen LogP contribution in [0.3, 0.4) is 0 Å². The van der Waals surface area contributed by atoms with Crippen LogP contribution in [0.15, 0.2) is 16.7 Å². The van der Waals surface area contributed by atoms with Crippen molar-refractivity contribution in [3.8, 4) is 0 Å². The van der Waals surface area contributed by atoms with Crippen LogP contribution in [0.5, 0.6) is 0 Å². The molecule has 0 amide bonds. The Balaban J connectivity index is 1.94. The maximum atomic E-state index is 6.24. The van der Waals surface area contributed by atoms with Gasteiger partial charge in [0, 0.05) is 18.1 Å². The van der Waals surface area contributed by atoms with E-state index in [1.807, 2.05) is 13.1 Å². The van der Waals surface area contributed by atoms with Gasteiger partial charge in [-0.2, -0.15) is 0 Å². The van der Waals surface area contributed by atoms with E-state index in [1.165, 1.54) is 12.8 Å². The van der Waals surface area contributed by atoms with E-state index >= 15 is 0 Å². The molecule has 2 atom stereocenters. The fraction of sp³-hybridized carbons (Fsp3) is 0.583. The predicted molar refractivity (Wildman–Crippen MR) is 72.1 cm³/mol. The van der Waals surface area contributed by atoms with Crippen LogP contribution >= 0.6 is 27.5 Å². The summed E-state index contributed by atoms with van der Waals surface area (Å²) < 4.78 is 1.02. The molecule has 0 bridgehead atoms. The zero-order chi connectivity index (χ0) is 11.5. The predicted octanol–water partition coefficient (Wildman–Crippen LogP) is 3.97. The first-order valence-electron chi connectivity index (χ1n) is 5.67. The summed E-state index contributed by atoms with van der Waals surface area (Å²) in [4.78, 5) is 4.36. The lowest BCUT2D eigenvalue weighted by Crippen LogP contribution is -2.19. The molecule has 1 saturated carbocycles. The van der Waals surface area contributed by atoms with E-state index in [0.29, 0.717) is 11.3 Å². The van der Waals surface area contributed by atoms with Crippen molar-refractivity contribution in [3.63, 3.8) is 0 Å². The van der Waals surface area contributed by atoms with Gasteiger partial charge in [0.2, 0.25) is 0 Å². The molecule has 0 aromatic carbocycles. The van der Waals surface area contributed by atoms with Crippen LogP contribution in [0.2, 0.25) is 0 Å². The number of aromatic nitrogens is 1. The molecule has 1 fully saturated rings. The van der Waals surface area contributed by atoms with Gasteiger partial charge in [0.25, 0.3) is 0 Å². The molecule has 2 rings (SSSR count). The van der Waals surface area contributed by atoms with E-state index < -0.39 is 0 Å². The summed E-state index contributed by atoms with van der Waals surface area (Å²) in [6, 6.07) is 2.07. The summed E-state index contributed by atoms with van der Waals surface area (Å²) in [5.41, 5.74) is 1.16. The van der Waals surface area contributed by atoms with Crippen LogP contribution in [0.1, 0.15) is 24.8 Å². The molecule has 0 radical (unpaired) electrons. The lowest BCUT2D eigenvalue weighted by Gasteiger charge is -2.15. The first kappa shape index (κ1) is 12.2. The van der Waals surface area contributed by atoms with E-state index in [1.54, 1.807) is 0 Å². The average molecular weight is 304 g/mol. The fourth-order valence-corrected chi connectivity index (χ4v) is 3.09. The average Bonchev–Trinajstić information content (AvgIpc) is 2.63. The van der Waals surface area contributed by atoms with Crippen molar-refractivity contribution in [2.45, 2.75) is 31.6 Å². The van der Waals surface area contributed by atoms with Crippen molar-refractivity contribution >= 4 is 33.3 Å². The van der Waals surface area contributed by atoms with E-state index in [9.17, 15) is 0 Å². The second-order valence-electron chi connectivity index (χ2n) is 4.43. The van der Waals surface area contributed by atoms with Gasteiger partial charge in [0.1, 0.15) is 5.82 Å². The van der Waals surface area contributed by atoms with Gasteiger partial charge < -0.3 is 5.32 Å². The molecule has 88 valence electrons. The number of halogens is 2. The number of nitrogens with one attached hydrogen (secondary N) is 1. The zero-order valence-corrected chi connectivity index (χ0v) is 11.7. The Bertz CT molecular complexity index is 370. The smallest absolute Gasteiger partial charge is 0.140 e. The van der Waals surface area contributed by atoms with Crippen LogP contribution in [-0.2, 0) is 0 Å². The molecule has 0 spiro atoms. The highest BCUT2D eigenvalue weighted by Gasteiger charge is 2.25. The number of hydrogen-bond donors (Lipinski definition) is 1. The highest BCUT2D eigenvalue weighted by molar-refractivity contribution is 9.10. The first-order chi connectivity index (χ1) is 7.66. The van der Waals surface area contributed by atoms with Crippen molar-refractivity contribution in [1.82, 2.24) is 4.98 Å². The maximum Gasteiger partial charge on any atom is 0.140 e. The van der Waals surface area contributed by atoms with E-state index in [2.05, 4.69) is 32.3 Å². The molecular weight excluding hydrogens is 288 g/mol. The highest BCUT2D eigenvalue weighted by Crippen LogP contribution is 2.30. The van der Waals surface area contributed by atoms with Crippen molar-refractivity contribution in [2.75, 3.05) is 11.9 Å². The van der Waals surface area contributed by atoms with Gasteiger partial charge in [-0.3, -0.25) is 0 Å². The highest BCUT2D eigenvalue weighted by atomic mass is 79.9. The lowest BCUT2D eigenvalue weighted by atomic mass is 10.1. The summed E-state index contributed by atoms with van der Waals surface area (Å²) in [5, 5.41) is 3.70. The molecule has 0 aliphatic heterocycles. The number of rotatable bonds is 3. The van der Waals surface area contributed by atoms with E-state index in [-0.39, 0.29) is 0 Å². The Morgan fingerprint density at radius 2 is 2.38 bits per heavy atom. The monoisotopic (exact) mass is 302 g/mol. The number of anilines is 1. The van der Waals surface area contributed by atoms with Crippen LogP contribution < -0.4 is 5.32 Å². The fourth-order valence-electron chi connectivity index (χ4n) is 2.11. The third kappa shape index (κ3) is 2.89. The quantitative estimate of drug-likeness (QED) is 0.855. The van der Waals surface area contributed by atoms with Gasteiger partial charge in [-0.1, -0.05) is 6.42 Å². The number of aryl methyl sites for hydroxylation is 1. The van der Waals surface area contributed by atoms with E-state index in [4.69, 9.17) is 11.6 Å². The molecule has 1 aliphatic rings. The van der Waals surface area contributed by atoms with Gasteiger partial charge in [0.05, 0.1) is 4.47 Å². The molecule has 0 saturated heterocycles. The molecule has 1 aromatic rings. The Morgan fingerprint density at radius 3 is 3.00 bits per heavy atom. The van der Waals surface area contributed by atoms with Crippen LogP contribution in [0, 0.1) is 12.8 Å². The van der Waals surface area contributed by atoms with E-state index in [0.717, 1.165) is 28.8 Å². The van der Waals surface area contributed by atoms with Crippen LogP contribution in [0.25, 0.3) is 0 Å². The molecule has 16 heavy (non-hydrogen) atoms. The summed E-state index contributed by atoms with van der Waals surface area (Å²) in [7, 11) is 0. The number of nitrogens with zero attached hydrogens (tertiary/aromatic N) is 1. The number of pyridine rings is 1. The maximum absolute atomic E-state index is 6.24. The Hall–Kier alpha value is -0.280. The molecule has 2 unspecified atom stereocenters. The van der Waals surface area contributed by atoms with Gasteiger partial charge in [-0.05, 0) is 53.2 Å². The molecule has 2 nitrogen and oxygen atoms in total. The standard InChI is InChI=1S/C12H16BrClN2/c1-8-5-10(13)12(15-6-8)16-7-9-3-2-4-11(9)14/h5-6,9,11H,2-4,7H2,1H3,(H,15,16). The van der Waals surface area contributed by atoms with Crippen molar-refractivity contribution in [1.29, 1.82) is 0 Å². The van der Waals surface area contributed by atoms with Crippen LogP contribution in [0.4, 0.5) is 5.82 Å². The third-order valence-electron chi connectivity index (χ3n) is 3.08. The zero-order valence-electron chi connectivity index (χ0n) is 9.34. The second-order valence-corrected chi connectivity index (χ2v) is 5.85. The molecular formula is C12H16BrClN2. The minimum Gasteiger partial charge on any atom is -0.369 e. The summed E-state index contributed by atoms with van der Waals surface area (Å²) in [6.45, 7) is 2.95. The first-order valence-corrected chi connectivity index (χ1v) is 6.90. The number of alkyl halides is 1. The second kappa shape index (κ2) is 5.37. The van der Waals surface area contributed by atoms with Crippen molar-refractivity contribution in [2.24, 2.45) is 5.92 Å². The minimum atomic E-state index is 0.330. The van der Waals surface area contributed by atoms with Gasteiger partial charge in [-0.15, -0.1) is 11.6 Å². The summed E-state index contributed by atoms with van der Waals surface area (Å²) in [5.74, 6) is 1.50. The van der Waals surface area contributed by atoms with Gasteiger partial charge in [-0.25, -0.2) is 4.98 Å². The normalized spacial score (nSPS) is 24.7. The SMILES string of the molecule is Cc1cnc(NCC2CCCC2Cl)c(Br)c1. The molecule has 1 aromatic heterocycles. The summed E-state index contributed by atoms with van der Waals surface area (Å²) in [6.07, 6.45) is 5.50.